The Labute approximate surface area is 80.7 Å². The van der Waals surface area contributed by atoms with Crippen LogP contribution in [-0.2, 0) is 9.53 Å². The van der Waals surface area contributed by atoms with Crippen molar-refractivity contribution >= 4 is 12.0 Å². The maximum Gasteiger partial charge on any atom is 0.326 e. The molecule has 1 aromatic rings. The Bertz CT molecular complexity index is 396. The minimum atomic E-state index is -0.478. The lowest BCUT2D eigenvalue weighted by atomic mass is 10.1. The molecule has 0 bridgehead atoms. The van der Waals surface area contributed by atoms with Gasteiger partial charge in [-0.2, -0.15) is 4.79 Å². The zero-order valence-corrected chi connectivity index (χ0v) is 7.33. The molecule has 2 atom stereocenters. The summed E-state index contributed by atoms with van der Waals surface area (Å²) in [6.45, 7) is 0. The Balaban J connectivity index is 2.07. The van der Waals surface area contributed by atoms with Gasteiger partial charge in [0.15, 0.2) is 6.10 Å². The van der Waals surface area contributed by atoms with Crippen molar-refractivity contribution < 1.29 is 14.3 Å². The fraction of sp³-hybridized carbons (Fsp3) is 0.200. The van der Waals surface area contributed by atoms with E-state index in [0.29, 0.717) is 0 Å². The molecule has 1 aliphatic rings. The van der Waals surface area contributed by atoms with E-state index in [9.17, 15) is 4.79 Å². The summed E-state index contributed by atoms with van der Waals surface area (Å²) >= 11 is 0. The summed E-state index contributed by atoms with van der Waals surface area (Å²) in [6.07, 6.45) is 0.211. The van der Waals surface area contributed by atoms with Gasteiger partial charge >= 0.3 is 6.21 Å². The first kappa shape index (κ1) is 8.81. The fourth-order valence-electron chi connectivity index (χ4n) is 1.36. The summed E-state index contributed by atoms with van der Waals surface area (Å²) < 4.78 is 5.17. The zero-order valence-electron chi connectivity index (χ0n) is 7.33. The Morgan fingerprint density at radius 2 is 2.14 bits per heavy atom. The lowest BCUT2D eigenvalue weighted by Gasteiger charge is -1.91. The minimum Gasteiger partial charge on any atom is -0.361 e. The van der Waals surface area contributed by atoms with E-state index in [1.165, 1.54) is 0 Å². The first-order chi connectivity index (χ1) is 6.83. The van der Waals surface area contributed by atoms with E-state index in [1.54, 1.807) is 0 Å². The quantitative estimate of drug-likeness (QED) is 0.307. The second-order valence-corrected chi connectivity index (χ2v) is 3.03. The number of hydrogen-bond acceptors (Lipinski definition) is 2. The summed E-state index contributed by atoms with van der Waals surface area (Å²) in [4.78, 5) is 13.8. The van der Waals surface area contributed by atoms with Crippen molar-refractivity contribution in [1.29, 1.82) is 0 Å². The van der Waals surface area contributed by atoms with E-state index >= 15 is 0 Å². The molecule has 1 heterocycles. The van der Waals surface area contributed by atoms with E-state index in [-0.39, 0.29) is 11.9 Å². The van der Waals surface area contributed by atoms with Gasteiger partial charge in [-0.1, -0.05) is 30.3 Å². The van der Waals surface area contributed by atoms with Gasteiger partial charge in [-0.3, -0.25) is 4.79 Å². The van der Waals surface area contributed by atoms with Crippen LogP contribution in [0.15, 0.2) is 30.3 Å². The highest BCUT2D eigenvalue weighted by Crippen LogP contribution is 2.38. The first-order valence-electron chi connectivity index (χ1n) is 4.24. The zero-order chi connectivity index (χ0) is 9.97. The fourth-order valence-corrected chi connectivity index (χ4v) is 1.36. The summed E-state index contributed by atoms with van der Waals surface area (Å²) in [5.74, 6) is -0.304. The van der Waals surface area contributed by atoms with E-state index in [4.69, 9.17) is 10.3 Å². The Kier molecular flexibility index (Phi) is 2.23. The maximum absolute atomic E-state index is 11.2. The average Bonchev–Trinajstić information content (AvgIpc) is 2.99. The van der Waals surface area contributed by atoms with Crippen molar-refractivity contribution in [3.8, 4) is 0 Å². The largest absolute Gasteiger partial charge is 0.361 e. The second-order valence-electron chi connectivity index (χ2n) is 3.03. The predicted octanol–water partition coefficient (Wildman–Crippen LogP) is 0.996. The summed E-state index contributed by atoms with van der Waals surface area (Å²) in [5, 5.41) is 0. The van der Waals surface area contributed by atoms with Gasteiger partial charge in [0.2, 0.25) is 0 Å². The molecular weight excluding hydrogens is 180 g/mol. The highest BCUT2D eigenvalue weighted by Gasteiger charge is 2.46. The molecule has 2 unspecified atom stereocenters. The third-order valence-corrected chi connectivity index (χ3v) is 2.09. The van der Waals surface area contributed by atoms with Crippen LogP contribution in [0, 0.1) is 0 Å². The molecule has 1 aliphatic heterocycles. The number of epoxide rings is 1. The van der Waals surface area contributed by atoms with Crippen molar-refractivity contribution in [3.63, 3.8) is 0 Å². The van der Waals surface area contributed by atoms with Crippen LogP contribution in [0.5, 0.6) is 0 Å². The Hall–Kier alpha value is -1.77. The number of ketones is 1. The van der Waals surface area contributed by atoms with E-state index < -0.39 is 6.10 Å². The topological polar surface area (TPSA) is 66.0 Å². The Morgan fingerprint density at radius 3 is 2.79 bits per heavy atom. The SMILES string of the molecule is [N-]=[N+]=CC(=O)C1OC1c1ccccc1. The molecule has 0 radical (unpaired) electrons. The van der Waals surface area contributed by atoms with Crippen LogP contribution in [0.25, 0.3) is 5.53 Å². The monoisotopic (exact) mass is 188 g/mol. The van der Waals surface area contributed by atoms with Crippen LogP contribution in [0.1, 0.15) is 11.7 Å². The molecule has 70 valence electrons. The number of benzene rings is 1. The lowest BCUT2D eigenvalue weighted by Crippen LogP contribution is -2.09. The molecule has 2 rings (SSSR count). The summed E-state index contributed by atoms with van der Waals surface area (Å²) in [6, 6.07) is 9.47. The number of Topliss-reactive ketones (excluding diaryl/α,β-unsaturated/α-hetero) is 1. The molecular formula is C10H8N2O2. The standard InChI is InChI=1S/C10H8N2O2/c11-12-6-8(13)10-9(14-10)7-4-2-1-3-5-7/h1-6,9-10H. The van der Waals surface area contributed by atoms with Crippen molar-refractivity contribution in [2.45, 2.75) is 12.2 Å². The van der Waals surface area contributed by atoms with Gasteiger partial charge < -0.3 is 10.3 Å². The highest BCUT2D eigenvalue weighted by molar-refractivity contribution is 6.28. The van der Waals surface area contributed by atoms with E-state index in [2.05, 4.69) is 4.79 Å². The van der Waals surface area contributed by atoms with E-state index in [0.717, 1.165) is 11.8 Å². The third kappa shape index (κ3) is 1.62. The number of ether oxygens (including phenoxy) is 1. The molecule has 4 heteroatoms. The van der Waals surface area contributed by atoms with Crippen molar-refractivity contribution in [2.75, 3.05) is 0 Å². The van der Waals surface area contributed by atoms with Gasteiger partial charge in [0, 0.05) is 0 Å². The number of rotatable bonds is 3. The van der Waals surface area contributed by atoms with Crippen LogP contribution < -0.4 is 0 Å². The molecule has 1 saturated heterocycles. The molecule has 0 aliphatic carbocycles. The van der Waals surface area contributed by atoms with Gasteiger partial charge in [-0.25, -0.2) is 0 Å². The van der Waals surface area contributed by atoms with Gasteiger partial charge in [0.05, 0.1) is 0 Å². The number of carbonyl (C=O) groups excluding carboxylic acids is 1. The van der Waals surface area contributed by atoms with Crippen molar-refractivity contribution in [2.24, 2.45) is 0 Å². The molecule has 0 aromatic heterocycles. The Morgan fingerprint density at radius 1 is 1.43 bits per heavy atom. The highest BCUT2D eigenvalue weighted by atomic mass is 16.6. The van der Waals surface area contributed by atoms with Crippen LogP contribution in [0.4, 0.5) is 0 Å². The van der Waals surface area contributed by atoms with Gasteiger partial charge in [-0.05, 0) is 5.56 Å². The van der Waals surface area contributed by atoms with Crippen LogP contribution in [0.3, 0.4) is 0 Å². The van der Waals surface area contributed by atoms with Gasteiger partial charge in [0.25, 0.3) is 5.78 Å². The molecule has 0 saturated carbocycles. The minimum absolute atomic E-state index is 0.179. The average molecular weight is 188 g/mol. The normalized spacial score (nSPS) is 23.7. The van der Waals surface area contributed by atoms with Gasteiger partial charge in [0.1, 0.15) is 6.10 Å². The van der Waals surface area contributed by atoms with E-state index in [1.807, 2.05) is 30.3 Å². The molecule has 1 aromatic carbocycles. The van der Waals surface area contributed by atoms with Crippen LogP contribution >= 0.6 is 0 Å². The van der Waals surface area contributed by atoms with Crippen molar-refractivity contribution in [3.05, 3.63) is 41.4 Å². The summed E-state index contributed by atoms with van der Waals surface area (Å²) in [7, 11) is 0. The van der Waals surface area contributed by atoms with Crippen LogP contribution in [-0.4, -0.2) is 22.9 Å². The lowest BCUT2D eigenvalue weighted by molar-refractivity contribution is -0.117. The second kappa shape index (κ2) is 3.54. The van der Waals surface area contributed by atoms with Crippen molar-refractivity contribution in [1.82, 2.24) is 0 Å². The van der Waals surface area contributed by atoms with Gasteiger partial charge in [-0.15, -0.1) is 0 Å². The third-order valence-electron chi connectivity index (χ3n) is 2.09. The molecule has 4 nitrogen and oxygen atoms in total. The number of nitrogens with zero attached hydrogens (tertiary/aromatic N) is 2. The first-order valence-corrected chi connectivity index (χ1v) is 4.24. The molecule has 0 spiro atoms. The molecule has 0 amide bonds. The number of hydrogen-bond donors (Lipinski definition) is 0. The summed E-state index contributed by atoms with van der Waals surface area (Å²) in [5.41, 5.74) is 9.13. The maximum atomic E-state index is 11.2. The molecule has 0 N–H and O–H groups in total. The van der Waals surface area contributed by atoms with Crippen LogP contribution in [0.2, 0.25) is 0 Å². The molecule has 1 fully saturated rings. The number of carbonyl (C=O) groups is 1. The predicted molar refractivity (Wildman–Crippen MR) is 48.7 cm³/mol. The smallest absolute Gasteiger partial charge is 0.326 e. The molecule has 14 heavy (non-hydrogen) atoms.